The molecule has 5 rings (SSSR count). The van der Waals surface area contributed by atoms with E-state index in [4.69, 9.17) is 28.4 Å². The van der Waals surface area contributed by atoms with Crippen LogP contribution in [-0.4, -0.2) is 77.1 Å². The van der Waals surface area contributed by atoms with Gasteiger partial charge >= 0.3 is 29.8 Å². The molecule has 1 spiro atoms. The molecule has 0 amide bonds. The molecule has 12 nitrogen and oxygen atoms in total. The van der Waals surface area contributed by atoms with Crippen LogP contribution in [0.4, 0.5) is 0 Å². The highest BCUT2D eigenvalue weighted by molar-refractivity contribution is 5.89. The maximum absolute atomic E-state index is 13.9. The van der Waals surface area contributed by atoms with E-state index in [1.54, 1.807) is 42.5 Å². The molecule has 2 heterocycles. The van der Waals surface area contributed by atoms with Crippen LogP contribution in [0.5, 0.6) is 0 Å². The van der Waals surface area contributed by atoms with Gasteiger partial charge < -0.3 is 28.4 Å². The highest BCUT2D eigenvalue weighted by atomic mass is 16.6. The molecule has 0 unspecified atom stereocenters. The van der Waals surface area contributed by atoms with Crippen molar-refractivity contribution in [2.24, 2.45) is 17.3 Å². The van der Waals surface area contributed by atoms with Crippen LogP contribution in [0.1, 0.15) is 75.2 Å². The molecule has 1 saturated heterocycles. The van der Waals surface area contributed by atoms with E-state index >= 15 is 0 Å². The molecule has 3 aliphatic rings. The number of esters is 5. The van der Waals surface area contributed by atoms with Crippen LogP contribution in [-0.2, 0) is 42.8 Å². The largest absolute Gasteiger partial charge is 0.460 e. The van der Waals surface area contributed by atoms with Gasteiger partial charge in [0.25, 0.3) is 0 Å². The Balaban J connectivity index is 1.77. The first-order valence-corrected chi connectivity index (χ1v) is 15.3. The van der Waals surface area contributed by atoms with Crippen molar-refractivity contribution in [1.29, 1.82) is 0 Å². The minimum Gasteiger partial charge on any atom is -0.460 e. The molecule has 3 fully saturated rings. The summed E-state index contributed by atoms with van der Waals surface area (Å²) in [5.41, 5.74) is -3.75. The molecule has 46 heavy (non-hydrogen) atoms. The predicted octanol–water partition coefficient (Wildman–Crippen LogP) is 3.85. The third-order valence-electron chi connectivity index (χ3n) is 9.55. The van der Waals surface area contributed by atoms with E-state index in [-0.39, 0.29) is 24.1 Å². The smallest absolute Gasteiger partial charge is 0.356 e. The van der Waals surface area contributed by atoms with Crippen molar-refractivity contribution in [2.75, 3.05) is 6.61 Å². The van der Waals surface area contributed by atoms with Crippen molar-refractivity contribution in [3.63, 3.8) is 0 Å². The van der Waals surface area contributed by atoms with Gasteiger partial charge in [-0.05, 0) is 56.9 Å². The Morgan fingerprint density at radius 1 is 0.826 bits per heavy atom. The Morgan fingerprint density at radius 2 is 1.48 bits per heavy atom. The zero-order valence-electron chi connectivity index (χ0n) is 26.7. The molecular formula is C34H39NO11. The van der Waals surface area contributed by atoms with Crippen molar-refractivity contribution >= 4 is 29.8 Å². The molecule has 0 N–H and O–H groups in total. The zero-order valence-corrected chi connectivity index (χ0v) is 26.7. The van der Waals surface area contributed by atoms with Crippen molar-refractivity contribution < 1.29 is 52.4 Å². The number of nitrogens with zero attached hydrogens (tertiary/aromatic N) is 1. The van der Waals surface area contributed by atoms with Gasteiger partial charge in [-0.25, -0.2) is 14.6 Å². The highest BCUT2D eigenvalue weighted by Crippen LogP contribution is 2.68. The fraction of sp³-hybridized carbons (Fsp3) is 0.529. The lowest BCUT2D eigenvalue weighted by Crippen LogP contribution is -2.77. The molecular weight excluding hydrogens is 598 g/mol. The molecule has 2 bridgehead atoms. The number of aromatic nitrogens is 1. The summed E-state index contributed by atoms with van der Waals surface area (Å²) in [6, 6.07) is 13.0. The van der Waals surface area contributed by atoms with Gasteiger partial charge in [0.15, 0.2) is 12.2 Å². The van der Waals surface area contributed by atoms with Crippen LogP contribution in [0.2, 0.25) is 0 Å². The molecule has 246 valence electrons. The lowest BCUT2D eigenvalue weighted by Gasteiger charge is -2.62. The Kier molecular flexibility index (Phi) is 8.96. The average Bonchev–Trinajstić information content (AvgIpc) is 3.26. The van der Waals surface area contributed by atoms with Gasteiger partial charge in [0, 0.05) is 32.9 Å². The molecule has 2 aromatic rings. The first kappa shape index (κ1) is 33.1. The Bertz CT molecular complexity index is 1490. The maximum Gasteiger partial charge on any atom is 0.356 e. The second-order valence-electron chi connectivity index (χ2n) is 12.8. The number of rotatable bonds is 8. The summed E-state index contributed by atoms with van der Waals surface area (Å²) in [6.07, 6.45) is -3.03. The molecule has 1 aromatic heterocycles. The number of hydrogen-bond donors (Lipinski definition) is 0. The highest BCUT2D eigenvalue weighted by Gasteiger charge is 2.81. The molecule has 2 aliphatic carbocycles. The lowest BCUT2D eigenvalue weighted by molar-refractivity contribution is -0.306. The van der Waals surface area contributed by atoms with Crippen molar-refractivity contribution in [1.82, 2.24) is 4.98 Å². The minimum atomic E-state index is -1.74. The van der Waals surface area contributed by atoms with E-state index < -0.39 is 89.3 Å². The number of ether oxygens (including phenoxy) is 6. The SMILES string of the molecule is CC(=O)O[C@H]1[C@H]2C[C@]3(OC2(C)C)[C@H](C)C[C@H](OC(C)=O)[C@H](OC(C)=O)[C@@]3(COC(=O)c2ccccn2)[C@@H]1OC(=O)c1ccccc1. The normalized spacial score (nSPS) is 32.3. The average molecular weight is 638 g/mol. The van der Waals surface area contributed by atoms with Gasteiger partial charge in [0.05, 0.1) is 16.8 Å². The van der Waals surface area contributed by atoms with Crippen LogP contribution < -0.4 is 0 Å². The summed E-state index contributed by atoms with van der Waals surface area (Å²) < 4.78 is 37.1. The van der Waals surface area contributed by atoms with Crippen LogP contribution in [0.25, 0.3) is 0 Å². The van der Waals surface area contributed by atoms with E-state index in [2.05, 4.69) is 4.98 Å². The van der Waals surface area contributed by atoms with E-state index in [0.29, 0.717) is 0 Å². The van der Waals surface area contributed by atoms with Crippen molar-refractivity contribution in [3.8, 4) is 0 Å². The maximum atomic E-state index is 13.9. The fourth-order valence-electron chi connectivity index (χ4n) is 7.84. The summed E-state index contributed by atoms with van der Waals surface area (Å²) in [4.78, 5) is 69.4. The van der Waals surface area contributed by atoms with E-state index in [1.165, 1.54) is 33.0 Å². The lowest BCUT2D eigenvalue weighted by atomic mass is 9.48. The molecule has 0 radical (unpaired) electrons. The van der Waals surface area contributed by atoms with E-state index in [0.717, 1.165) is 0 Å². The Hall–Kier alpha value is -4.32. The summed E-state index contributed by atoms with van der Waals surface area (Å²) in [6.45, 7) is 8.73. The molecule has 2 saturated carbocycles. The summed E-state index contributed by atoms with van der Waals surface area (Å²) in [5, 5.41) is 0. The van der Waals surface area contributed by atoms with Gasteiger partial charge in [-0.3, -0.25) is 14.4 Å². The predicted molar refractivity (Wildman–Crippen MR) is 159 cm³/mol. The fourth-order valence-corrected chi connectivity index (χ4v) is 7.84. The number of pyridine rings is 1. The molecule has 1 aliphatic heterocycles. The Morgan fingerprint density at radius 3 is 2.09 bits per heavy atom. The standard InChI is InChI=1S/C34H39NO11/c1-19-16-26(42-20(2)36)28(44-22(4)38)33(18-41-31(40)25-14-10-11-15-35-25)29(45-30(39)23-12-8-7-9-13-23)27(43-21(3)37)24-17-34(19,33)46-32(24,5)6/h7-15,19,24,26-29H,16-18H2,1-6H3/t19-,24-,26+,27+,28+,29-,33+,34+/m1/s1. The monoisotopic (exact) mass is 637 g/mol. The molecule has 8 atom stereocenters. The number of carbonyl (C=O) groups excluding carboxylic acids is 5. The third kappa shape index (κ3) is 5.74. The van der Waals surface area contributed by atoms with Gasteiger partial charge in [-0.2, -0.15) is 0 Å². The zero-order chi connectivity index (χ0) is 33.4. The van der Waals surface area contributed by atoms with Gasteiger partial charge in [-0.15, -0.1) is 0 Å². The summed E-state index contributed by atoms with van der Waals surface area (Å²) in [5.74, 6) is -4.47. The quantitative estimate of drug-likeness (QED) is 0.305. The first-order chi connectivity index (χ1) is 21.7. The molecule has 1 aromatic carbocycles. The minimum absolute atomic E-state index is 0.00750. The van der Waals surface area contributed by atoms with Gasteiger partial charge in [0.1, 0.15) is 29.9 Å². The van der Waals surface area contributed by atoms with Crippen LogP contribution in [0, 0.1) is 17.3 Å². The van der Waals surface area contributed by atoms with E-state index in [9.17, 15) is 24.0 Å². The summed E-state index contributed by atoms with van der Waals surface area (Å²) >= 11 is 0. The van der Waals surface area contributed by atoms with Crippen molar-refractivity contribution in [3.05, 3.63) is 66.0 Å². The van der Waals surface area contributed by atoms with E-state index in [1.807, 2.05) is 20.8 Å². The van der Waals surface area contributed by atoms with Crippen molar-refractivity contribution in [2.45, 2.75) is 90.0 Å². The van der Waals surface area contributed by atoms with Crippen LogP contribution in [0.15, 0.2) is 54.7 Å². The second-order valence-corrected chi connectivity index (χ2v) is 12.8. The van der Waals surface area contributed by atoms with Gasteiger partial charge in [0.2, 0.25) is 0 Å². The number of fused-ring (bicyclic) bond motifs is 1. The number of carbonyl (C=O) groups is 5. The number of hydrogen-bond acceptors (Lipinski definition) is 12. The third-order valence-corrected chi connectivity index (χ3v) is 9.55. The topological polar surface area (TPSA) is 154 Å². The van der Waals surface area contributed by atoms with Gasteiger partial charge in [-0.1, -0.05) is 31.2 Å². The molecule has 12 heteroatoms. The van der Waals surface area contributed by atoms with Crippen LogP contribution in [0.3, 0.4) is 0 Å². The second kappa shape index (κ2) is 12.5. The Labute approximate surface area is 267 Å². The van der Waals surface area contributed by atoms with Crippen LogP contribution >= 0.6 is 0 Å². The first-order valence-electron chi connectivity index (χ1n) is 15.3. The summed E-state index contributed by atoms with van der Waals surface area (Å²) in [7, 11) is 0. The number of benzene rings is 1.